The summed E-state index contributed by atoms with van der Waals surface area (Å²) in [5.74, 6) is 0.591. The number of fused-ring (bicyclic) bond motifs is 3. The summed E-state index contributed by atoms with van der Waals surface area (Å²) >= 11 is 6.11. The van der Waals surface area contributed by atoms with Gasteiger partial charge in [0.2, 0.25) is 5.91 Å². The highest BCUT2D eigenvalue weighted by Gasteiger charge is 2.33. The van der Waals surface area contributed by atoms with Gasteiger partial charge in [0, 0.05) is 29.5 Å². The standard InChI is InChI=1S/C23H21ClN4O3S/c1-15-25-26-23-17(13-22(29)27-10-11-32(30,31)14-27)12-20(16-6-8-18(24)9-7-16)19-4-2-3-5-21(19)28(15)23/h2-9,12,17H,10-11,13-14H2,1H3. The fourth-order valence-electron chi connectivity index (χ4n) is 4.34. The van der Waals surface area contributed by atoms with Gasteiger partial charge in [-0.15, -0.1) is 10.2 Å². The van der Waals surface area contributed by atoms with Crippen LogP contribution in [0.3, 0.4) is 0 Å². The molecule has 5 rings (SSSR count). The summed E-state index contributed by atoms with van der Waals surface area (Å²) in [6.45, 7) is 2.11. The van der Waals surface area contributed by atoms with Crippen LogP contribution in [0.1, 0.15) is 35.1 Å². The van der Waals surface area contributed by atoms with E-state index in [0.29, 0.717) is 10.8 Å². The summed E-state index contributed by atoms with van der Waals surface area (Å²) in [5, 5.41) is 9.32. The quantitative estimate of drug-likeness (QED) is 0.588. The maximum absolute atomic E-state index is 13.0. The number of allylic oxidation sites excluding steroid dienone is 1. The number of aromatic nitrogens is 3. The molecule has 1 fully saturated rings. The Morgan fingerprint density at radius 2 is 1.88 bits per heavy atom. The van der Waals surface area contributed by atoms with E-state index in [0.717, 1.165) is 28.2 Å². The van der Waals surface area contributed by atoms with Crippen molar-refractivity contribution >= 4 is 32.9 Å². The molecule has 3 heterocycles. The maximum atomic E-state index is 13.0. The van der Waals surface area contributed by atoms with Gasteiger partial charge in [0.25, 0.3) is 0 Å². The molecule has 2 aromatic carbocycles. The van der Waals surface area contributed by atoms with Gasteiger partial charge in [-0.05, 0) is 36.3 Å². The summed E-state index contributed by atoms with van der Waals surface area (Å²) in [7, 11) is -3.20. The number of para-hydroxylation sites is 1. The third kappa shape index (κ3) is 3.73. The van der Waals surface area contributed by atoms with E-state index in [1.807, 2.05) is 66.1 Å². The molecule has 2 aliphatic rings. The van der Waals surface area contributed by atoms with Crippen molar-refractivity contribution in [3.05, 3.63) is 82.4 Å². The van der Waals surface area contributed by atoms with Crippen LogP contribution in [0.15, 0.2) is 54.6 Å². The molecule has 0 N–H and O–H groups in total. The first-order valence-corrected chi connectivity index (χ1v) is 12.5. The van der Waals surface area contributed by atoms with E-state index in [-0.39, 0.29) is 36.4 Å². The van der Waals surface area contributed by atoms with Crippen LogP contribution in [0.25, 0.3) is 11.3 Å². The van der Waals surface area contributed by atoms with Crippen LogP contribution in [0.5, 0.6) is 0 Å². The van der Waals surface area contributed by atoms with E-state index < -0.39 is 9.84 Å². The Labute approximate surface area is 191 Å². The minimum absolute atomic E-state index is 0.00992. The molecule has 0 spiro atoms. The van der Waals surface area contributed by atoms with Gasteiger partial charge in [-0.2, -0.15) is 0 Å². The molecular formula is C23H21ClN4O3S. The lowest BCUT2D eigenvalue weighted by Crippen LogP contribution is -2.30. The third-order valence-corrected chi connectivity index (χ3v) is 7.67. The van der Waals surface area contributed by atoms with Crippen molar-refractivity contribution in [1.82, 2.24) is 19.7 Å². The number of rotatable bonds is 3. The average Bonchev–Trinajstić information content (AvgIpc) is 3.29. The molecule has 3 aromatic rings. The predicted octanol–water partition coefficient (Wildman–Crippen LogP) is 3.36. The zero-order chi connectivity index (χ0) is 22.5. The Morgan fingerprint density at radius 1 is 1.12 bits per heavy atom. The van der Waals surface area contributed by atoms with Crippen LogP contribution < -0.4 is 0 Å². The number of hydrogen-bond acceptors (Lipinski definition) is 5. The number of benzene rings is 2. The SMILES string of the molecule is Cc1nnc2n1-c1ccccc1C(c1ccc(Cl)cc1)=CC2CC(=O)N1CCS(=O)(=O)C1. The van der Waals surface area contributed by atoms with Crippen LogP contribution in [-0.4, -0.2) is 52.2 Å². The summed E-state index contributed by atoms with van der Waals surface area (Å²) in [5.41, 5.74) is 3.87. The predicted molar refractivity (Wildman–Crippen MR) is 122 cm³/mol. The van der Waals surface area contributed by atoms with Crippen LogP contribution in [0, 0.1) is 6.92 Å². The Bertz CT molecular complexity index is 1350. The zero-order valence-corrected chi connectivity index (χ0v) is 19.0. The highest BCUT2D eigenvalue weighted by molar-refractivity contribution is 7.91. The van der Waals surface area contributed by atoms with Crippen LogP contribution >= 0.6 is 11.6 Å². The van der Waals surface area contributed by atoms with E-state index in [4.69, 9.17) is 11.6 Å². The smallest absolute Gasteiger partial charge is 0.224 e. The average molecular weight is 469 g/mol. The molecule has 1 unspecified atom stereocenters. The number of hydrogen-bond donors (Lipinski definition) is 0. The van der Waals surface area contributed by atoms with Crippen molar-refractivity contribution in [3.8, 4) is 5.69 Å². The second kappa shape index (κ2) is 7.86. The molecule has 32 heavy (non-hydrogen) atoms. The molecule has 7 nitrogen and oxygen atoms in total. The van der Waals surface area contributed by atoms with Gasteiger partial charge in [0.1, 0.15) is 17.5 Å². The van der Waals surface area contributed by atoms with E-state index in [1.54, 1.807) is 0 Å². The van der Waals surface area contributed by atoms with Gasteiger partial charge < -0.3 is 4.90 Å². The van der Waals surface area contributed by atoms with Gasteiger partial charge in [-0.25, -0.2) is 8.42 Å². The molecule has 164 valence electrons. The number of carbonyl (C=O) groups excluding carboxylic acids is 1. The Hall–Kier alpha value is -2.97. The lowest BCUT2D eigenvalue weighted by atomic mass is 9.92. The Morgan fingerprint density at radius 3 is 2.59 bits per heavy atom. The number of aryl methyl sites for hydroxylation is 1. The molecular weight excluding hydrogens is 448 g/mol. The van der Waals surface area contributed by atoms with Crippen molar-refractivity contribution in [2.24, 2.45) is 0 Å². The first-order valence-electron chi connectivity index (χ1n) is 10.3. The minimum Gasteiger partial charge on any atom is -0.327 e. The number of carbonyl (C=O) groups is 1. The minimum atomic E-state index is -3.20. The fourth-order valence-corrected chi connectivity index (χ4v) is 5.84. The first-order chi connectivity index (χ1) is 15.3. The Kier molecular flexibility index (Phi) is 5.14. The molecule has 9 heteroatoms. The largest absolute Gasteiger partial charge is 0.327 e. The number of halogens is 1. The van der Waals surface area contributed by atoms with Crippen LogP contribution in [0.2, 0.25) is 5.02 Å². The van der Waals surface area contributed by atoms with Gasteiger partial charge >= 0.3 is 0 Å². The molecule has 2 aliphatic heterocycles. The van der Waals surface area contributed by atoms with Crippen molar-refractivity contribution in [2.45, 2.75) is 19.3 Å². The molecule has 0 saturated carbocycles. The lowest BCUT2D eigenvalue weighted by molar-refractivity contribution is -0.130. The number of sulfone groups is 1. The van der Waals surface area contributed by atoms with Crippen molar-refractivity contribution in [1.29, 1.82) is 0 Å². The fraction of sp³-hybridized carbons (Fsp3) is 0.261. The molecule has 0 aliphatic carbocycles. The molecule has 0 bridgehead atoms. The van der Waals surface area contributed by atoms with E-state index in [2.05, 4.69) is 10.2 Å². The van der Waals surface area contributed by atoms with Crippen LogP contribution in [-0.2, 0) is 14.6 Å². The third-order valence-electron chi connectivity index (χ3n) is 5.91. The van der Waals surface area contributed by atoms with Gasteiger partial charge in [0.15, 0.2) is 9.84 Å². The first kappa shape index (κ1) is 20.9. The number of nitrogens with zero attached hydrogens (tertiary/aromatic N) is 4. The van der Waals surface area contributed by atoms with E-state index in [1.165, 1.54) is 4.90 Å². The van der Waals surface area contributed by atoms with E-state index >= 15 is 0 Å². The summed E-state index contributed by atoms with van der Waals surface area (Å²) in [4.78, 5) is 14.5. The van der Waals surface area contributed by atoms with Gasteiger partial charge in [0.05, 0.1) is 11.4 Å². The number of amides is 1. The van der Waals surface area contributed by atoms with Crippen LogP contribution in [0.4, 0.5) is 0 Å². The molecule has 1 atom stereocenters. The van der Waals surface area contributed by atoms with Crippen molar-refractivity contribution in [2.75, 3.05) is 18.2 Å². The van der Waals surface area contributed by atoms with Gasteiger partial charge in [-0.3, -0.25) is 9.36 Å². The van der Waals surface area contributed by atoms with E-state index in [9.17, 15) is 13.2 Å². The second-order valence-corrected chi connectivity index (χ2v) is 10.7. The molecule has 0 radical (unpaired) electrons. The molecule has 1 aromatic heterocycles. The highest BCUT2D eigenvalue weighted by atomic mass is 35.5. The molecule has 1 saturated heterocycles. The van der Waals surface area contributed by atoms with Crippen molar-refractivity contribution < 1.29 is 13.2 Å². The maximum Gasteiger partial charge on any atom is 0.224 e. The Balaban J connectivity index is 1.62. The monoisotopic (exact) mass is 468 g/mol. The lowest BCUT2D eigenvalue weighted by Gasteiger charge is -2.18. The highest BCUT2D eigenvalue weighted by Crippen LogP contribution is 2.38. The summed E-state index contributed by atoms with van der Waals surface area (Å²) in [6.07, 6.45) is 2.15. The zero-order valence-electron chi connectivity index (χ0n) is 17.4. The second-order valence-electron chi connectivity index (χ2n) is 8.09. The topological polar surface area (TPSA) is 85.2 Å². The van der Waals surface area contributed by atoms with Gasteiger partial charge in [-0.1, -0.05) is 48.0 Å². The summed E-state index contributed by atoms with van der Waals surface area (Å²) < 4.78 is 25.7. The molecule has 1 amide bonds. The normalized spacial score (nSPS) is 19.1. The van der Waals surface area contributed by atoms with Crippen molar-refractivity contribution in [3.63, 3.8) is 0 Å². The summed E-state index contributed by atoms with van der Waals surface area (Å²) in [6, 6.07) is 15.6.